The first-order valence-electron chi connectivity index (χ1n) is 13.1. The largest absolute Gasteiger partial charge is 0.475 e. The third-order valence-corrected chi connectivity index (χ3v) is 7.99. The molecule has 1 aliphatic rings. The molecule has 3 rings (SSSR count). The first-order valence-corrected chi connectivity index (χ1v) is 14.6. The van der Waals surface area contributed by atoms with Crippen molar-refractivity contribution < 1.29 is 32.7 Å². The summed E-state index contributed by atoms with van der Waals surface area (Å²) in [6, 6.07) is 3.92. The van der Waals surface area contributed by atoms with Gasteiger partial charge in [0, 0.05) is 13.7 Å². The van der Waals surface area contributed by atoms with Gasteiger partial charge in [0.1, 0.15) is 18.3 Å². The number of ether oxygens (including phenoxy) is 2. The minimum atomic E-state index is -4.40. The molecule has 0 aliphatic carbocycles. The van der Waals surface area contributed by atoms with Crippen LogP contribution >= 0.6 is 7.82 Å². The van der Waals surface area contributed by atoms with Gasteiger partial charge in [0.2, 0.25) is 5.95 Å². The number of nitrogens with zero attached hydrogens (tertiary/aromatic N) is 5. The van der Waals surface area contributed by atoms with Crippen molar-refractivity contribution in [3.8, 4) is 12.1 Å². The summed E-state index contributed by atoms with van der Waals surface area (Å²) in [6.45, 7) is 10.3. The predicted molar refractivity (Wildman–Crippen MR) is 147 cm³/mol. The summed E-state index contributed by atoms with van der Waals surface area (Å²) >= 11 is 0. The van der Waals surface area contributed by atoms with Gasteiger partial charge in [0.05, 0.1) is 49.1 Å². The second-order valence-electron chi connectivity index (χ2n) is 11.4. The first-order chi connectivity index (χ1) is 19.1. The number of aliphatic hydroxyl groups excluding tert-OH is 1. The number of phosphoric ester groups is 1. The number of nitrogens with one attached hydrogen (secondary N) is 2. The number of phosphoric acid groups is 1. The topological polar surface area (TPSA) is 207 Å². The molecular weight excluding hydrogens is 557 g/mol. The maximum atomic E-state index is 13.8. The van der Waals surface area contributed by atoms with Crippen LogP contribution in [0.5, 0.6) is 0 Å². The average molecular weight is 596 g/mol. The van der Waals surface area contributed by atoms with Crippen LogP contribution < -0.4 is 10.9 Å². The van der Waals surface area contributed by atoms with Crippen molar-refractivity contribution in [1.29, 1.82) is 10.5 Å². The van der Waals surface area contributed by atoms with E-state index in [1.165, 1.54) is 18.0 Å². The molecule has 0 aromatic carbocycles. The quantitative estimate of drug-likeness (QED) is 0.269. The van der Waals surface area contributed by atoms with Gasteiger partial charge in [0.25, 0.3) is 5.56 Å². The maximum Gasteiger partial charge on any atom is 0.475 e. The lowest BCUT2D eigenvalue weighted by Crippen LogP contribution is -2.36. The number of H-pyrrole nitrogens is 1. The summed E-state index contributed by atoms with van der Waals surface area (Å²) in [6.07, 6.45) is -3.15. The molecule has 4 atom stereocenters. The van der Waals surface area contributed by atoms with Crippen LogP contribution in [0, 0.1) is 28.6 Å². The SMILES string of the molecule is CO[C@H]1C(n2cnc3c(=O)[nH]c(NCC(C)C)nc32)O[C@H](COP(=O)(OC(C)(C)CC#N)OC(C)(C)CC#N)[C@H]1O. The Morgan fingerprint density at radius 3 is 2.37 bits per heavy atom. The molecule has 0 spiro atoms. The number of rotatable bonds is 14. The number of hydrogen-bond donors (Lipinski definition) is 3. The van der Waals surface area contributed by atoms with Crippen molar-refractivity contribution in [3.05, 3.63) is 16.7 Å². The molecule has 3 heterocycles. The molecule has 1 aliphatic heterocycles. The Labute approximate surface area is 238 Å². The number of fused-ring (bicyclic) bond motifs is 1. The zero-order valence-corrected chi connectivity index (χ0v) is 25.2. The maximum absolute atomic E-state index is 13.8. The Balaban J connectivity index is 1.87. The number of imidazole rings is 1. The second kappa shape index (κ2) is 13.0. The van der Waals surface area contributed by atoms with Crippen LogP contribution in [0.15, 0.2) is 11.1 Å². The minimum Gasteiger partial charge on any atom is -0.387 e. The molecule has 2 aromatic heterocycles. The monoisotopic (exact) mass is 595 g/mol. The lowest BCUT2D eigenvalue weighted by Gasteiger charge is -2.33. The van der Waals surface area contributed by atoms with Gasteiger partial charge in [-0.1, -0.05) is 13.8 Å². The number of anilines is 1. The normalized spacial score (nSPS) is 21.7. The van der Waals surface area contributed by atoms with E-state index in [-0.39, 0.29) is 30.0 Å². The fourth-order valence-corrected chi connectivity index (χ4v) is 5.93. The Kier molecular flexibility index (Phi) is 10.3. The van der Waals surface area contributed by atoms with E-state index in [2.05, 4.69) is 20.3 Å². The van der Waals surface area contributed by atoms with E-state index in [4.69, 9.17) is 33.6 Å². The fourth-order valence-electron chi connectivity index (χ4n) is 4.12. The zero-order chi connectivity index (χ0) is 30.6. The number of aromatic amines is 1. The summed E-state index contributed by atoms with van der Waals surface area (Å²) in [5.74, 6) is 0.549. The summed E-state index contributed by atoms with van der Waals surface area (Å²) in [5, 5.41) is 32.4. The lowest BCUT2D eigenvalue weighted by atomic mass is 10.1. The second-order valence-corrected chi connectivity index (χ2v) is 12.9. The molecule has 0 bridgehead atoms. The molecule has 1 unspecified atom stereocenters. The van der Waals surface area contributed by atoms with E-state index in [1.807, 2.05) is 26.0 Å². The Morgan fingerprint density at radius 2 is 1.83 bits per heavy atom. The van der Waals surface area contributed by atoms with Crippen LogP contribution in [0.1, 0.15) is 60.6 Å². The first kappa shape index (κ1) is 32.6. The Morgan fingerprint density at radius 1 is 1.22 bits per heavy atom. The molecular formula is C25H38N7O8P. The summed E-state index contributed by atoms with van der Waals surface area (Å²) < 4.78 is 43.8. The van der Waals surface area contributed by atoms with E-state index in [0.717, 1.165) is 0 Å². The van der Waals surface area contributed by atoms with E-state index < -0.39 is 55.7 Å². The van der Waals surface area contributed by atoms with Gasteiger partial charge in [-0.05, 0) is 33.6 Å². The van der Waals surface area contributed by atoms with Crippen LogP contribution in [0.25, 0.3) is 11.2 Å². The highest BCUT2D eigenvalue weighted by Crippen LogP contribution is 2.56. The fraction of sp³-hybridized carbons (Fsp3) is 0.720. The van der Waals surface area contributed by atoms with Crippen LogP contribution in [0.4, 0.5) is 5.95 Å². The van der Waals surface area contributed by atoms with Crippen LogP contribution in [-0.4, -0.2) is 74.4 Å². The van der Waals surface area contributed by atoms with E-state index in [9.17, 15) is 14.5 Å². The number of aliphatic hydroxyl groups is 1. The van der Waals surface area contributed by atoms with Crippen molar-refractivity contribution in [2.45, 2.75) is 90.1 Å². The highest BCUT2D eigenvalue weighted by molar-refractivity contribution is 7.48. The van der Waals surface area contributed by atoms with Crippen LogP contribution in [0.3, 0.4) is 0 Å². The third-order valence-electron chi connectivity index (χ3n) is 6.09. The Hall–Kier alpha value is -2.88. The smallest absolute Gasteiger partial charge is 0.387 e. The van der Waals surface area contributed by atoms with Crippen molar-refractivity contribution in [3.63, 3.8) is 0 Å². The molecule has 0 saturated carbocycles. The number of nitriles is 2. The summed E-state index contributed by atoms with van der Waals surface area (Å²) in [4.78, 5) is 23.9. The van der Waals surface area contributed by atoms with Gasteiger partial charge >= 0.3 is 7.82 Å². The van der Waals surface area contributed by atoms with Crippen molar-refractivity contribution >= 4 is 24.9 Å². The third kappa shape index (κ3) is 8.11. The highest BCUT2D eigenvalue weighted by atomic mass is 31.2. The molecule has 1 saturated heterocycles. The molecule has 1 fully saturated rings. The highest BCUT2D eigenvalue weighted by Gasteiger charge is 2.48. The van der Waals surface area contributed by atoms with Crippen LogP contribution in [0.2, 0.25) is 0 Å². The molecule has 226 valence electrons. The molecule has 15 nitrogen and oxygen atoms in total. The average Bonchev–Trinajstić information content (AvgIpc) is 3.41. The molecule has 0 radical (unpaired) electrons. The molecule has 0 amide bonds. The number of aromatic nitrogens is 4. The van der Waals surface area contributed by atoms with Crippen molar-refractivity contribution in [2.75, 3.05) is 25.6 Å². The molecule has 16 heteroatoms. The van der Waals surface area contributed by atoms with E-state index in [1.54, 1.807) is 27.7 Å². The van der Waals surface area contributed by atoms with Crippen molar-refractivity contribution in [1.82, 2.24) is 19.5 Å². The van der Waals surface area contributed by atoms with Crippen LogP contribution in [-0.2, 0) is 27.6 Å². The predicted octanol–water partition coefficient (Wildman–Crippen LogP) is 3.00. The molecule has 41 heavy (non-hydrogen) atoms. The van der Waals surface area contributed by atoms with Gasteiger partial charge in [-0.2, -0.15) is 15.5 Å². The summed E-state index contributed by atoms with van der Waals surface area (Å²) in [5.41, 5.74) is -2.61. The number of methoxy groups -OCH3 is 1. The lowest BCUT2D eigenvalue weighted by molar-refractivity contribution is -0.0663. The molecule has 2 aromatic rings. The standard InChI is InChI=1S/C25H38N7O8P/c1-15(2)12-28-23-30-20-17(21(34)31-23)29-14-32(20)22-19(36-7)18(33)16(38-22)13-37-41(35,39-24(3,4)8-10-26)40-25(5,6)9-11-27/h14-16,18-19,22,33H,8-9,12-13H2,1-7H3,(H2,28,30,31,34)/t16-,18-,19-,22?/m1/s1. The van der Waals surface area contributed by atoms with Gasteiger partial charge in [-0.15, -0.1) is 0 Å². The van der Waals surface area contributed by atoms with Gasteiger partial charge in [-0.25, -0.2) is 9.55 Å². The minimum absolute atomic E-state index is 0.0680. The number of hydrogen-bond acceptors (Lipinski definition) is 13. The molecule has 3 N–H and O–H groups in total. The van der Waals surface area contributed by atoms with E-state index in [0.29, 0.717) is 12.5 Å². The zero-order valence-electron chi connectivity index (χ0n) is 24.3. The Bertz CT molecular complexity index is 1360. The summed E-state index contributed by atoms with van der Waals surface area (Å²) in [7, 11) is -3.01. The van der Waals surface area contributed by atoms with Gasteiger partial charge in [-0.3, -0.25) is 27.9 Å². The van der Waals surface area contributed by atoms with Crippen molar-refractivity contribution in [2.24, 2.45) is 5.92 Å². The van der Waals surface area contributed by atoms with E-state index >= 15 is 0 Å². The van der Waals surface area contributed by atoms with Gasteiger partial charge < -0.3 is 19.9 Å². The van der Waals surface area contributed by atoms with Gasteiger partial charge in [0.15, 0.2) is 17.4 Å².